The van der Waals surface area contributed by atoms with Gasteiger partial charge in [-0.15, -0.1) is 0 Å². The summed E-state index contributed by atoms with van der Waals surface area (Å²) in [6.07, 6.45) is 1.70. The lowest BCUT2D eigenvalue weighted by atomic mass is 10.2. The SMILES string of the molecule is COc1ccc(/C=C2/SC(=S)N(C)C2=O)cc1O. The van der Waals surface area contributed by atoms with Crippen LogP contribution in [0.1, 0.15) is 5.56 Å². The Morgan fingerprint density at radius 1 is 1.50 bits per heavy atom. The summed E-state index contributed by atoms with van der Waals surface area (Å²) in [5.74, 6) is 0.314. The number of rotatable bonds is 2. The first kappa shape index (κ1) is 12.9. The average Bonchev–Trinajstić information content (AvgIpc) is 2.57. The highest BCUT2D eigenvalue weighted by Crippen LogP contribution is 2.33. The number of aromatic hydroxyl groups is 1. The molecule has 1 aliphatic rings. The molecule has 0 aromatic heterocycles. The van der Waals surface area contributed by atoms with Crippen molar-refractivity contribution < 1.29 is 14.6 Å². The number of ether oxygens (including phenoxy) is 1. The van der Waals surface area contributed by atoms with Gasteiger partial charge in [0.05, 0.1) is 12.0 Å². The van der Waals surface area contributed by atoms with Crippen molar-refractivity contribution in [3.63, 3.8) is 0 Å². The summed E-state index contributed by atoms with van der Waals surface area (Å²) in [7, 11) is 3.13. The van der Waals surface area contributed by atoms with Gasteiger partial charge in [0, 0.05) is 7.05 Å². The van der Waals surface area contributed by atoms with Crippen molar-refractivity contribution in [2.45, 2.75) is 0 Å². The van der Waals surface area contributed by atoms with Crippen molar-refractivity contribution in [1.29, 1.82) is 0 Å². The molecule has 1 heterocycles. The molecule has 1 aliphatic heterocycles. The Hall–Kier alpha value is -1.53. The maximum Gasteiger partial charge on any atom is 0.265 e. The van der Waals surface area contributed by atoms with Gasteiger partial charge < -0.3 is 9.84 Å². The lowest BCUT2D eigenvalue weighted by Crippen LogP contribution is -2.22. The molecule has 18 heavy (non-hydrogen) atoms. The van der Waals surface area contributed by atoms with Crippen molar-refractivity contribution >= 4 is 40.3 Å². The van der Waals surface area contributed by atoms with Crippen LogP contribution >= 0.6 is 24.0 Å². The zero-order valence-electron chi connectivity index (χ0n) is 9.84. The molecule has 0 spiro atoms. The topological polar surface area (TPSA) is 49.8 Å². The highest BCUT2D eigenvalue weighted by Gasteiger charge is 2.28. The number of nitrogens with zero attached hydrogens (tertiary/aromatic N) is 1. The monoisotopic (exact) mass is 281 g/mol. The molecule has 6 heteroatoms. The first-order chi connectivity index (χ1) is 8.52. The van der Waals surface area contributed by atoms with E-state index in [0.717, 1.165) is 5.56 Å². The molecule has 1 aromatic carbocycles. The fourth-order valence-electron chi connectivity index (χ4n) is 1.49. The molecule has 1 aromatic rings. The Labute approximate surface area is 114 Å². The molecule has 1 N–H and O–H groups in total. The van der Waals surface area contributed by atoms with E-state index in [1.807, 2.05) is 0 Å². The summed E-state index contributed by atoms with van der Waals surface area (Å²) in [5, 5.41) is 9.65. The molecule has 94 valence electrons. The molecule has 0 aliphatic carbocycles. The molecule has 0 bridgehead atoms. The number of thioether (sulfide) groups is 1. The van der Waals surface area contributed by atoms with E-state index in [0.29, 0.717) is 15.0 Å². The lowest BCUT2D eigenvalue weighted by molar-refractivity contribution is -0.121. The molecule has 0 radical (unpaired) electrons. The lowest BCUT2D eigenvalue weighted by Gasteiger charge is -2.04. The molecular weight excluding hydrogens is 270 g/mol. The van der Waals surface area contributed by atoms with Crippen LogP contribution < -0.4 is 4.74 Å². The number of hydrogen-bond acceptors (Lipinski definition) is 5. The molecular formula is C12H11NO3S2. The van der Waals surface area contributed by atoms with Crippen LogP contribution in [0.2, 0.25) is 0 Å². The van der Waals surface area contributed by atoms with Gasteiger partial charge in [-0.3, -0.25) is 9.69 Å². The van der Waals surface area contributed by atoms with Crippen LogP contribution in [0, 0.1) is 0 Å². The summed E-state index contributed by atoms with van der Waals surface area (Å²) in [6, 6.07) is 4.95. The highest BCUT2D eigenvalue weighted by molar-refractivity contribution is 8.26. The van der Waals surface area contributed by atoms with E-state index in [2.05, 4.69) is 0 Å². The van der Waals surface area contributed by atoms with Crippen LogP contribution in [0.5, 0.6) is 11.5 Å². The Kier molecular flexibility index (Phi) is 3.58. The number of phenolic OH excluding ortho intramolecular Hbond substituents is 1. The van der Waals surface area contributed by atoms with Crippen LogP contribution in [-0.4, -0.2) is 34.4 Å². The number of methoxy groups -OCH3 is 1. The Bertz CT molecular complexity index is 554. The summed E-state index contributed by atoms with van der Waals surface area (Å²) < 4.78 is 5.48. The van der Waals surface area contributed by atoms with Crippen molar-refractivity contribution in [3.8, 4) is 11.5 Å². The van der Waals surface area contributed by atoms with Crippen molar-refractivity contribution in [3.05, 3.63) is 28.7 Å². The molecule has 1 fully saturated rings. The minimum absolute atomic E-state index is 0.0400. The second kappa shape index (κ2) is 4.99. The Balaban J connectivity index is 2.32. The van der Waals surface area contributed by atoms with Crippen molar-refractivity contribution in [2.24, 2.45) is 0 Å². The van der Waals surface area contributed by atoms with E-state index in [1.165, 1.54) is 23.8 Å². The molecule has 2 rings (SSSR count). The van der Waals surface area contributed by atoms with E-state index in [-0.39, 0.29) is 11.7 Å². The van der Waals surface area contributed by atoms with Crippen LogP contribution in [0.15, 0.2) is 23.1 Å². The first-order valence-electron chi connectivity index (χ1n) is 5.11. The Morgan fingerprint density at radius 2 is 2.22 bits per heavy atom. The van der Waals surface area contributed by atoms with Gasteiger partial charge in [0.25, 0.3) is 5.91 Å². The maximum absolute atomic E-state index is 11.8. The summed E-state index contributed by atoms with van der Waals surface area (Å²) >= 11 is 6.28. The van der Waals surface area contributed by atoms with Crippen molar-refractivity contribution in [2.75, 3.05) is 14.2 Å². The van der Waals surface area contributed by atoms with Gasteiger partial charge in [-0.2, -0.15) is 0 Å². The standard InChI is InChI=1S/C12H11NO3S2/c1-13-11(15)10(18-12(13)17)6-7-3-4-9(16-2)8(14)5-7/h3-6,14H,1-2H3/b10-6+. The zero-order chi connectivity index (χ0) is 13.3. The predicted octanol–water partition coefficient (Wildman–Crippen LogP) is 2.23. The molecule has 1 amide bonds. The normalized spacial score (nSPS) is 17.7. The van der Waals surface area contributed by atoms with Crippen LogP contribution in [-0.2, 0) is 4.79 Å². The number of phenols is 1. The van der Waals surface area contributed by atoms with Gasteiger partial charge in [0.2, 0.25) is 0 Å². The predicted molar refractivity (Wildman–Crippen MR) is 75.6 cm³/mol. The van der Waals surface area contributed by atoms with Crippen LogP contribution in [0.4, 0.5) is 0 Å². The van der Waals surface area contributed by atoms with Crippen molar-refractivity contribution in [1.82, 2.24) is 4.90 Å². The van der Waals surface area contributed by atoms with E-state index in [4.69, 9.17) is 17.0 Å². The fraction of sp³-hybridized carbons (Fsp3) is 0.167. The van der Waals surface area contributed by atoms with Gasteiger partial charge in [-0.05, 0) is 23.8 Å². The number of carbonyl (C=O) groups excluding carboxylic acids is 1. The number of likely N-dealkylation sites (N-methyl/N-ethyl adjacent to an activating group) is 1. The van der Waals surface area contributed by atoms with E-state index >= 15 is 0 Å². The quantitative estimate of drug-likeness (QED) is 0.665. The number of carbonyl (C=O) groups is 1. The second-order valence-corrected chi connectivity index (χ2v) is 5.35. The number of thiocarbonyl (C=S) groups is 1. The van der Waals surface area contributed by atoms with Gasteiger partial charge in [-0.25, -0.2) is 0 Å². The Morgan fingerprint density at radius 3 is 2.72 bits per heavy atom. The smallest absolute Gasteiger partial charge is 0.265 e. The van der Waals surface area contributed by atoms with Crippen LogP contribution in [0.3, 0.4) is 0 Å². The summed E-state index contributed by atoms with van der Waals surface area (Å²) in [6.45, 7) is 0. The molecule has 1 saturated heterocycles. The third kappa shape index (κ3) is 2.34. The third-order valence-corrected chi connectivity index (χ3v) is 3.97. The van der Waals surface area contributed by atoms with Gasteiger partial charge in [0.15, 0.2) is 11.5 Å². The minimum Gasteiger partial charge on any atom is -0.504 e. The number of hydrogen-bond donors (Lipinski definition) is 1. The molecule has 0 atom stereocenters. The fourth-order valence-corrected chi connectivity index (χ4v) is 2.67. The summed E-state index contributed by atoms with van der Waals surface area (Å²) in [5.41, 5.74) is 0.724. The first-order valence-corrected chi connectivity index (χ1v) is 6.34. The van der Waals surface area contributed by atoms with Gasteiger partial charge in [0.1, 0.15) is 4.32 Å². The number of benzene rings is 1. The minimum atomic E-state index is -0.125. The van der Waals surface area contributed by atoms with Crippen LogP contribution in [0.25, 0.3) is 6.08 Å². The molecule has 0 unspecified atom stereocenters. The highest BCUT2D eigenvalue weighted by atomic mass is 32.2. The van der Waals surface area contributed by atoms with E-state index in [9.17, 15) is 9.90 Å². The van der Waals surface area contributed by atoms with E-state index < -0.39 is 0 Å². The average molecular weight is 281 g/mol. The second-order valence-electron chi connectivity index (χ2n) is 3.67. The van der Waals surface area contributed by atoms with E-state index in [1.54, 1.807) is 31.3 Å². The maximum atomic E-state index is 11.8. The molecule has 0 saturated carbocycles. The summed E-state index contributed by atoms with van der Waals surface area (Å²) in [4.78, 5) is 13.8. The zero-order valence-corrected chi connectivity index (χ0v) is 11.5. The largest absolute Gasteiger partial charge is 0.504 e. The molecule has 4 nitrogen and oxygen atoms in total. The number of amides is 1. The third-order valence-electron chi connectivity index (χ3n) is 2.49. The van der Waals surface area contributed by atoms with Gasteiger partial charge >= 0.3 is 0 Å². The van der Waals surface area contributed by atoms with Gasteiger partial charge in [-0.1, -0.05) is 30.0 Å².